The molecule has 214 valence electrons. The van der Waals surface area contributed by atoms with Gasteiger partial charge in [0.2, 0.25) is 5.91 Å². The zero-order valence-electron chi connectivity index (χ0n) is 23.2. The molecule has 0 spiro atoms. The molecule has 0 aromatic heterocycles. The van der Waals surface area contributed by atoms with Crippen molar-refractivity contribution in [1.29, 1.82) is 0 Å². The fraction of sp³-hybridized carbons (Fsp3) is 0.323. The second-order valence-electron chi connectivity index (χ2n) is 10.4. The maximum absolute atomic E-state index is 13.3. The number of esters is 1. The number of methoxy groups -OCH3 is 1. The van der Waals surface area contributed by atoms with E-state index < -0.39 is 35.0 Å². The number of carbonyl (C=O) groups is 3. The summed E-state index contributed by atoms with van der Waals surface area (Å²) in [5.41, 5.74) is 4.87. The number of benzene rings is 3. The van der Waals surface area contributed by atoms with E-state index in [9.17, 15) is 24.5 Å². The first-order chi connectivity index (χ1) is 19.7. The lowest BCUT2D eigenvalue weighted by Gasteiger charge is -2.24. The summed E-state index contributed by atoms with van der Waals surface area (Å²) < 4.78 is 10.5. The standard InChI is InChI=1S/C31H33N3O7/c1-19(2)16-27(29(35)32-28(30(36)40-3)17-20-12-14-21(15-13-20)34(38)39)33-31(37)41-18-26-24-10-6-4-8-22(24)23-9-5-7-11-25(23)26/h4-15,19,26-28H,16-18H2,1-3H3,(H,32,35)(H,33,37)/t27-,28-/m0/s1. The van der Waals surface area contributed by atoms with E-state index >= 15 is 0 Å². The first-order valence-electron chi connectivity index (χ1n) is 13.4. The maximum atomic E-state index is 13.3. The molecule has 1 aliphatic carbocycles. The molecule has 0 saturated heterocycles. The van der Waals surface area contributed by atoms with E-state index in [1.165, 1.54) is 31.4 Å². The van der Waals surface area contributed by atoms with Gasteiger partial charge in [0, 0.05) is 24.5 Å². The Bertz CT molecular complexity index is 1380. The van der Waals surface area contributed by atoms with Crippen molar-refractivity contribution in [2.75, 3.05) is 13.7 Å². The molecule has 2 amide bonds. The minimum absolute atomic E-state index is 0.0471. The molecule has 1 aliphatic rings. The third-order valence-electron chi connectivity index (χ3n) is 7.05. The van der Waals surface area contributed by atoms with Crippen LogP contribution in [-0.2, 0) is 25.5 Å². The van der Waals surface area contributed by atoms with Crippen LogP contribution in [-0.4, -0.2) is 48.7 Å². The minimum Gasteiger partial charge on any atom is -0.467 e. The van der Waals surface area contributed by atoms with Gasteiger partial charge in [0.15, 0.2) is 0 Å². The highest BCUT2D eigenvalue weighted by Gasteiger charge is 2.31. The predicted molar refractivity (Wildman–Crippen MR) is 152 cm³/mol. The van der Waals surface area contributed by atoms with Crippen molar-refractivity contribution < 1.29 is 28.8 Å². The number of fused-ring (bicyclic) bond motifs is 3. The van der Waals surface area contributed by atoms with Gasteiger partial charge in [-0.2, -0.15) is 0 Å². The number of amides is 2. The van der Waals surface area contributed by atoms with Crippen LogP contribution < -0.4 is 10.6 Å². The van der Waals surface area contributed by atoms with Crippen LogP contribution in [0.5, 0.6) is 0 Å². The second-order valence-corrected chi connectivity index (χ2v) is 10.4. The normalized spacial score (nSPS) is 13.5. The molecule has 3 aromatic carbocycles. The van der Waals surface area contributed by atoms with Crippen molar-refractivity contribution in [3.63, 3.8) is 0 Å². The number of nitro benzene ring substituents is 1. The Morgan fingerprint density at radius 2 is 1.46 bits per heavy atom. The zero-order chi connectivity index (χ0) is 29.5. The summed E-state index contributed by atoms with van der Waals surface area (Å²) in [6, 6.07) is 19.7. The quantitative estimate of drug-likeness (QED) is 0.197. The van der Waals surface area contributed by atoms with Gasteiger partial charge in [-0.25, -0.2) is 9.59 Å². The summed E-state index contributed by atoms with van der Waals surface area (Å²) in [6.45, 7) is 3.92. The predicted octanol–water partition coefficient (Wildman–Crippen LogP) is 4.75. The van der Waals surface area contributed by atoms with Crippen LogP contribution in [0.25, 0.3) is 11.1 Å². The van der Waals surface area contributed by atoms with Gasteiger partial charge in [0.25, 0.3) is 5.69 Å². The molecule has 4 rings (SSSR count). The monoisotopic (exact) mass is 559 g/mol. The zero-order valence-corrected chi connectivity index (χ0v) is 23.2. The van der Waals surface area contributed by atoms with E-state index in [1.807, 2.05) is 62.4 Å². The highest BCUT2D eigenvalue weighted by atomic mass is 16.6. The summed E-state index contributed by atoms with van der Waals surface area (Å²) in [5, 5.41) is 16.3. The Morgan fingerprint density at radius 1 is 0.878 bits per heavy atom. The molecule has 3 aromatic rings. The van der Waals surface area contributed by atoms with Gasteiger partial charge in [-0.05, 0) is 40.2 Å². The average molecular weight is 560 g/mol. The van der Waals surface area contributed by atoms with Crippen LogP contribution in [0.15, 0.2) is 72.8 Å². The number of hydrogen-bond acceptors (Lipinski definition) is 7. The lowest BCUT2D eigenvalue weighted by atomic mass is 9.98. The van der Waals surface area contributed by atoms with Crippen molar-refractivity contribution >= 4 is 23.7 Å². The summed E-state index contributed by atoms with van der Waals surface area (Å²) >= 11 is 0. The average Bonchev–Trinajstić information content (AvgIpc) is 3.28. The lowest BCUT2D eigenvalue weighted by Crippen LogP contribution is -2.53. The molecule has 41 heavy (non-hydrogen) atoms. The van der Waals surface area contributed by atoms with E-state index in [4.69, 9.17) is 9.47 Å². The summed E-state index contributed by atoms with van der Waals surface area (Å²) in [5.74, 6) is -1.33. The molecule has 2 N–H and O–H groups in total. The largest absolute Gasteiger partial charge is 0.467 e. The van der Waals surface area contributed by atoms with Crippen LogP contribution in [0, 0.1) is 16.0 Å². The van der Waals surface area contributed by atoms with Crippen molar-refractivity contribution in [2.24, 2.45) is 5.92 Å². The van der Waals surface area contributed by atoms with E-state index in [0.29, 0.717) is 12.0 Å². The highest BCUT2D eigenvalue weighted by Crippen LogP contribution is 2.44. The fourth-order valence-corrected chi connectivity index (χ4v) is 5.08. The molecule has 0 aliphatic heterocycles. The van der Waals surface area contributed by atoms with Gasteiger partial charge in [-0.15, -0.1) is 0 Å². The minimum atomic E-state index is -1.06. The number of nitrogens with zero attached hydrogens (tertiary/aromatic N) is 1. The van der Waals surface area contributed by atoms with Crippen molar-refractivity contribution in [1.82, 2.24) is 10.6 Å². The van der Waals surface area contributed by atoms with Crippen molar-refractivity contribution in [3.05, 3.63) is 99.6 Å². The van der Waals surface area contributed by atoms with Crippen LogP contribution >= 0.6 is 0 Å². The maximum Gasteiger partial charge on any atom is 0.407 e. The summed E-state index contributed by atoms with van der Waals surface area (Å²) in [7, 11) is 1.21. The number of ether oxygens (including phenoxy) is 2. The number of alkyl carbamates (subject to hydrolysis) is 1. The summed E-state index contributed by atoms with van der Waals surface area (Å²) in [6.07, 6.45) is -0.380. The van der Waals surface area contributed by atoms with E-state index in [2.05, 4.69) is 10.6 Å². The number of non-ortho nitro benzene ring substituents is 1. The smallest absolute Gasteiger partial charge is 0.407 e. The fourth-order valence-electron chi connectivity index (χ4n) is 5.08. The molecule has 0 heterocycles. The Balaban J connectivity index is 1.42. The first-order valence-corrected chi connectivity index (χ1v) is 13.4. The molecule has 0 fully saturated rings. The number of hydrogen-bond donors (Lipinski definition) is 2. The number of nitro groups is 1. The SMILES string of the molecule is COC(=O)[C@H](Cc1ccc([N+](=O)[O-])cc1)NC(=O)[C@H](CC(C)C)NC(=O)OCC1c2ccccc2-c2ccccc21. The Labute approximate surface area is 238 Å². The molecule has 0 bridgehead atoms. The number of nitrogens with one attached hydrogen (secondary N) is 2. The van der Waals surface area contributed by atoms with Gasteiger partial charge < -0.3 is 20.1 Å². The highest BCUT2D eigenvalue weighted by molar-refractivity contribution is 5.90. The number of carbonyl (C=O) groups excluding carboxylic acids is 3. The van der Waals surface area contributed by atoms with Crippen LogP contribution in [0.2, 0.25) is 0 Å². The Kier molecular flexibility index (Phi) is 9.34. The van der Waals surface area contributed by atoms with Gasteiger partial charge in [-0.3, -0.25) is 14.9 Å². The lowest BCUT2D eigenvalue weighted by molar-refractivity contribution is -0.384. The molecule has 10 nitrogen and oxygen atoms in total. The molecule has 0 radical (unpaired) electrons. The first kappa shape index (κ1) is 29.3. The van der Waals surface area contributed by atoms with Crippen molar-refractivity contribution in [3.8, 4) is 11.1 Å². The summed E-state index contributed by atoms with van der Waals surface area (Å²) in [4.78, 5) is 49.1. The second kappa shape index (κ2) is 13.1. The Hall–Kier alpha value is -4.73. The van der Waals surface area contributed by atoms with E-state index in [0.717, 1.165) is 22.3 Å². The molecule has 10 heteroatoms. The van der Waals surface area contributed by atoms with E-state index in [1.54, 1.807) is 0 Å². The van der Waals surface area contributed by atoms with Crippen LogP contribution in [0.1, 0.15) is 42.9 Å². The van der Waals surface area contributed by atoms with Crippen LogP contribution in [0.3, 0.4) is 0 Å². The Morgan fingerprint density at radius 3 is 2.00 bits per heavy atom. The van der Waals surface area contributed by atoms with Crippen molar-refractivity contribution in [2.45, 2.75) is 44.7 Å². The van der Waals surface area contributed by atoms with E-state index in [-0.39, 0.29) is 30.6 Å². The molecule has 2 atom stereocenters. The topological polar surface area (TPSA) is 137 Å². The van der Waals surface area contributed by atoms with Gasteiger partial charge in [0.05, 0.1) is 12.0 Å². The molecular weight excluding hydrogens is 526 g/mol. The molecule has 0 unspecified atom stereocenters. The third kappa shape index (κ3) is 7.08. The molecular formula is C31H33N3O7. The van der Waals surface area contributed by atoms with Gasteiger partial charge in [-0.1, -0.05) is 74.5 Å². The van der Waals surface area contributed by atoms with Gasteiger partial charge in [0.1, 0.15) is 18.7 Å². The number of rotatable bonds is 11. The molecule has 0 saturated carbocycles. The van der Waals surface area contributed by atoms with Gasteiger partial charge >= 0.3 is 12.1 Å². The van der Waals surface area contributed by atoms with Crippen LogP contribution in [0.4, 0.5) is 10.5 Å². The third-order valence-corrected chi connectivity index (χ3v) is 7.05.